The van der Waals surface area contributed by atoms with E-state index in [4.69, 9.17) is 0 Å². The van der Waals surface area contributed by atoms with Crippen LogP contribution in [-0.2, 0) is 19.5 Å². The number of likely N-dealkylation sites (tertiary alicyclic amines) is 1. The molecule has 1 aromatic heterocycles. The van der Waals surface area contributed by atoms with Crippen LogP contribution < -0.4 is 0 Å². The van der Waals surface area contributed by atoms with Crippen molar-refractivity contribution in [3.63, 3.8) is 0 Å². The van der Waals surface area contributed by atoms with Crippen molar-refractivity contribution in [2.24, 2.45) is 5.92 Å². The number of hydrogen-bond donors (Lipinski definition) is 0. The van der Waals surface area contributed by atoms with Crippen LogP contribution in [0.2, 0.25) is 0 Å². The smallest absolute Gasteiger partial charge is 0.108 e. The summed E-state index contributed by atoms with van der Waals surface area (Å²) in [6.45, 7) is 6.71. The molecular weight excluding hydrogens is 314 g/mol. The molecule has 1 aliphatic heterocycles. The van der Waals surface area contributed by atoms with Crippen molar-refractivity contribution in [3.05, 3.63) is 52.5 Å². The predicted octanol–water partition coefficient (Wildman–Crippen LogP) is 3.34. The molecule has 3 rings (SSSR count). The summed E-state index contributed by atoms with van der Waals surface area (Å²) < 4.78 is 3.47. The fourth-order valence-electron chi connectivity index (χ4n) is 2.91. The summed E-state index contributed by atoms with van der Waals surface area (Å²) in [5.41, 5.74) is 1.38. The minimum atomic E-state index is 0.765. The van der Waals surface area contributed by atoms with Crippen LogP contribution in [0, 0.1) is 5.92 Å². The lowest BCUT2D eigenvalue weighted by Gasteiger charge is -2.39. The molecule has 106 valence electrons. The highest BCUT2D eigenvalue weighted by Crippen LogP contribution is 2.22. The van der Waals surface area contributed by atoms with Crippen molar-refractivity contribution in [2.75, 3.05) is 13.1 Å². The number of aromatic nitrogens is 2. The Morgan fingerprint density at radius 3 is 2.95 bits per heavy atom. The Hall–Kier alpha value is -1.13. The topological polar surface area (TPSA) is 21.1 Å². The highest BCUT2D eigenvalue weighted by molar-refractivity contribution is 9.10. The van der Waals surface area contributed by atoms with Crippen LogP contribution in [0.3, 0.4) is 0 Å². The maximum absolute atomic E-state index is 4.39. The average Bonchev–Trinajstić information content (AvgIpc) is 2.83. The second-order valence-corrected chi connectivity index (χ2v) is 6.46. The van der Waals surface area contributed by atoms with Gasteiger partial charge in [-0.25, -0.2) is 4.98 Å². The molecule has 1 fully saturated rings. The molecule has 0 saturated carbocycles. The summed E-state index contributed by atoms with van der Waals surface area (Å²) >= 11 is 3.53. The van der Waals surface area contributed by atoms with Crippen molar-refractivity contribution in [3.8, 4) is 0 Å². The molecule has 0 unspecified atom stereocenters. The zero-order valence-corrected chi connectivity index (χ0v) is 13.4. The Bertz CT molecular complexity index is 573. The standard InChI is InChI=1S/C16H20BrN3/c1-2-16-18-6-7-20(16)12-14-10-19(11-14)9-13-4-3-5-15(17)8-13/h3-8,14H,2,9-12H2,1H3. The van der Waals surface area contributed by atoms with Crippen molar-refractivity contribution >= 4 is 15.9 Å². The third-order valence-corrected chi connectivity index (χ3v) is 4.39. The summed E-state index contributed by atoms with van der Waals surface area (Å²) in [5.74, 6) is 1.97. The quantitative estimate of drug-likeness (QED) is 0.836. The number of hydrogen-bond acceptors (Lipinski definition) is 2. The van der Waals surface area contributed by atoms with Gasteiger partial charge < -0.3 is 4.57 Å². The van der Waals surface area contributed by atoms with E-state index in [0.29, 0.717) is 0 Å². The molecule has 20 heavy (non-hydrogen) atoms. The summed E-state index contributed by atoms with van der Waals surface area (Å²) in [4.78, 5) is 6.90. The van der Waals surface area contributed by atoms with Crippen LogP contribution in [0.1, 0.15) is 18.3 Å². The maximum Gasteiger partial charge on any atom is 0.108 e. The van der Waals surface area contributed by atoms with E-state index in [0.717, 1.165) is 29.9 Å². The van der Waals surface area contributed by atoms with E-state index in [1.54, 1.807) is 0 Å². The first-order valence-corrected chi connectivity index (χ1v) is 8.00. The monoisotopic (exact) mass is 333 g/mol. The number of nitrogens with zero attached hydrogens (tertiary/aromatic N) is 3. The van der Waals surface area contributed by atoms with Gasteiger partial charge in [-0.05, 0) is 17.7 Å². The molecule has 1 aromatic carbocycles. The molecular formula is C16H20BrN3. The number of aryl methyl sites for hydroxylation is 1. The van der Waals surface area contributed by atoms with Gasteiger partial charge in [0.15, 0.2) is 0 Å². The van der Waals surface area contributed by atoms with Crippen LogP contribution >= 0.6 is 15.9 Å². The van der Waals surface area contributed by atoms with Crippen molar-refractivity contribution < 1.29 is 0 Å². The van der Waals surface area contributed by atoms with Crippen LogP contribution in [0.5, 0.6) is 0 Å². The summed E-state index contributed by atoms with van der Waals surface area (Å²) in [7, 11) is 0. The lowest BCUT2D eigenvalue weighted by molar-refractivity contribution is 0.0797. The second-order valence-electron chi connectivity index (χ2n) is 5.54. The molecule has 0 radical (unpaired) electrons. The van der Waals surface area contributed by atoms with Gasteiger partial charge in [0.25, 0.3) is 0 Å². The molecule has 1 aliphatic rings. The minimum Gasteiger partial charge on any atom is -0.335 e. The summed E-state index contributed by atoms with van der Waals surface area (Å²) in [5, 5.41) is 0. The highest BCUT2D eigenvalue weighted by Gasteiger charge is 2.27. The minimum absolute atomic E-state index is 0.765. The normalized spacial score (nSPS) is 16.3. The van der Waals surface area contributed by atoms with Gasteiger partial charge in [-0.2, -0.15) is 0 Å². The Balaban J connectivity index is 1.49. The number of halogens is 1. The number of rotatable bonds is 5. The molecule has 2 aromatic rings. The van der Waals surface area contributed by atoms with Gasteiger partial charge in [0.2, 0.25) is 0 Å². The second kappa shape index (κ2) is 6.10. The van der Waals surface area contributed by atoms with Crippen LogP contribution in [0.15, 0.2) is 41.1 Å². The lowest BCUT2D eigenvalue weighted by Crippen LogP contribution is -2.47. The predicted molar refractivity (Wildman–Crippen MR) is 84.5 cm³/mol. The number of benzene rings is 1. The van der Waals surface area contributed by atoms with Crippen molar-refractivity contribution in [1.29, 1.82) is 0 Å². The molecule has 0 amide bonds. The van der Waals surface area contributed by atoms with E-state index in [1.165, 1.54) is 24.5 Å². The SMILES string of the molecule is CCc1nccn1CC1CN(Cc2cccc(Br)c2)C1. The van der Waals surface area contributed by atoms with E-state index in [-0.39, 0.29) is 0 Å². The molecule has 3 nitrogen and oxygen atoms in total. The van der Waals surface area contributed by atoms with E-state index < -0.39 is 0 Å². The van der Waals surface area contributed by atoms with Gasteiger partial charge in [0, 0.05) is 55.4 Å². The Morgan fingerprint density at radius 2 is 2.20 bits per heavy atom. The first-order chi connectivity index (χ1) is 9.74. The summed E-state index contributed by atoms with van der Waals surface area (Å²) in [6, 6.07) is 8.59. The van der Waals surface area contributed by atoms with Gasteiger partial charge in [-0.3, -0.25) is 4.90 Å². The first kappa shape index (κ1) is 13.8. The number of imidazole rings is 1. The van der Waals surface area contributed by atoms with Crippen LogP contribution in [0.25, 0.3) is 0 Å². The molecule has 0 N–H and O–H groups in total. The largest absolute Gasteiger partial charge is 0.335 e. The van der Waals surface area contributed by atoms with Gasteiger partial charge in [0.1, 0.15) is 5.82 Å². The molecule has 1 saturated heterocycles. The third kappa shape index (κ3) is 3.13. The highest BCUT2D eigenvalue weighted by atomic mass is 79.9. The average molecular weight is 334 g/mol. The fourth-order valence-corrected chi connectivity index (χ4v) is 3.36. The van der Waals surface area contributed by atoms with Gasteiger partial charge in [0.05, 0.1) is 0 Å². The molecule has 0 aliphatic carbocycles. The maximum atomic E-state index is 4.39. The zero-order valence-electron chi connectivity index (χ0n) is 11.8. The van der Waals surface area contributed by atoms with E-state index in [2.05, 4.69) is 67.8 Å². The van der Waals surface area contributed by atoms with E-state index >= 15 is 0 Å². The fraction of sp³-hybridized carbons (Fsp3) is 0.438. The molecule has 0 spiro atoms. The first-order valence-electron chi connectivity index (χ1n) is 7.21. The van der Waals surface area contributed by atoms with Crippen LogP contribution in [-0.4, -0.2) is 27.5 Å². The Labute approximate surface area is 128 Å². The zero-order chi connectivity index (χ0) is 13.9. The Morgan fingerprint density at radius 1 is 1.35 bits per heavy atom. The van der Waals surface area contributed by atoms with E-state index in [1.807, 2.05) is 6.20 Å². The molecule has 0 atom stereocenters. The van der Waals surface area contributed by atoms with Gasteiger partial charge in [-0.1, -0.05) is 35.0 Å². The molecule has 0 bridgehead atoms. The van der Waals surface area contributed by atoms with Gasteiger partial charge in [-0.15, -0.1) is 0 Å². The molecule has 2 heterocycles. The summed E-state index contributed by atoms with van der Waals surface area (Å²) in [6.07, 6.45) is 5.04. The van der Waals surface area contributed by atoms with Crippen LogP contribution in [0.4, 0.5) is 0 Å². The Kier molecular flexibility index (Phi) is 4.22. The lowest BCUT2D eigenvalue weighted by atomic mass is 9.99. The van der Waals surface area contributed by atoms with Gasteiger partial charge >= 0.3 is 0 Å². The van der Waals surface area contributed by atoms with Crippen molar-refractivity contribution in [2.45, 2.75) is 26.4 Å². The third-order valence-electron chi connectivity index (χ3n) is 3.90. The van der Waals surface area contributed by atoms with Crippen molar-refractivity contribution in [1.82, 2.24) is 14.5 Å². The molecule has 4 heteroatoms. The van der Waals surface area contributed by atoms with E-state index in [9.17, 15) is 0 Å².